The van der Waals surface area contributed by atoms with Gasteiger partial charge in [0.1, 0.15) is 11.3 Å². The molecule has 162 valence electrons. The van der Waals surface area contributed by atoms with Crippen LogP contribution in [0.2, 0.25) is 5.02 Å². The molecule has 1 amide bonds. The second-order valence-corrected chi connectivity index (χ2v) is 9.55. The van der Waals surface area contributed by atoms with E-state index >= 15 is 0 Å². The molecule has 0 saturated carbocycles. The topological polar surface area (TPSA) is 39.7 Å². The number of piperazine rings is 1. The summed E-state index contributed by atoms with van der Waals surface area (Å²) in [6, 6.07) is 12.9. The van der Waals surface area contributed by atoms with Gasteiger partial charge in [0.25, 0.3) is 0 Å². The number of thiazole rings is 1. The molecule has 0 N–H and O–H groups in total. The Kier molecular flexibility index (Phi) is 5.71. The first-order chi connectivity index (χ1) is 15.1. The molecule has 0 aliphatic carbocycles. The van der Waals surface area contributed by atoms with Crippen LogP contribution in [0.5, 0.6) is 0 Å². The third kappa shape index (κ3) is 4.08. The summed E-state index contributed by atoms with van der Waals surface area (Å²) in [6.45, 7) is 4.46. The average molecular weight is 459 g/mol. The van der Waals surface area contributed by atoms with Crippen molar-refractivity contribution in [3.63, 3.8) is 0 Å². The highest BCUT2D eigenvalue weighted by atomic mass is 35.5. The van der Waals surface area contributed by atoms with Crippen LogP contribution in [-0.2, 0) is 4.79 Å². The summed E-state index contributed by atoms with van der Waals surface area (Å²) in [7, 11) is 0. The highest BCUT2D eigenvalue weighted by Crippen LogP contribution is 2.33. The largest absolute Gasteiger partial charge is 0.367 e. The minimum absolute atomic E-state index is 0.0440. The van der Waals surface area contributed by atoms with Gasteiger partial charge in [0.05, 0.1) is 21.3 Å². The molecule has 0 bridgehead atoms. The fourth-order valence-electron chi connectivity index (χ4n) is 4.53. The van der Waals surface area contributed by atoms with Crippen LogP contribution in [0.3, 0.4) is 0 Å². The van der Waals surface area contributed by atoms with Crippen molar-refractivity contribution in [3.8, 4) is 0 Å². The quantitative estimate of drug-likeness (QED) is 0.572. The van der Waals surface area contributed by atoms with Gasteiger partial charge in [-0.3, -0.25) is 4.79 Å². The Bertz CT molecular complexity index is 1100. The summed E-state index contributed by atoms with van der Waals surface area (Å²) in [5, 5.41) is 1.55. The smallest absolute Gasteiger partial charge is 0.227 e. The van der Waals surface area contributed by atoms with Crippen molar-refractivity contribution >= 4 is 49.9 Å². The maximum Gasteiger partial charge on any atom is 0.227 e. The molecular weight excluding hydrogens is 435 g/mol. The lowest BCUT2D eigenvalue weighted by Crippen LogP contribution is -2.52. The number of fused-ring (bicyclic) bond motifs is 1. The molecule has 0 radical (unpaired) electrons. The van der Waals surface area contributed by atoms with Crippen LogP contribution >= 0.6 is 22.9 Å². The molecule has 2 saturated heterocycles. The molecule has 5 nitrogen and oxygen atoms in total. The minimum atomic E-state index is -0.291. The van der Waals surface area contributed by atoms with E-state index in [1.165, 1.54) is 17.4 Å². The molecule has 2 aliphatic heterocycles. The summed E-state index contributed by atoms with van der Waals surface area (Å²) >= 11 is 7.83. The van der Waals surface area contributed by atoms with Gasteiger partial charge in [-0.1, -0.05) is 41.1 Å². The van der Waals surface area contributed by atoms with Crippen molar-refractivity contribution in [3.05, 3.63) is 53.3 Å². The van der Waals surface area contributed by atoms with Crippen LogP contribution < -0.4 is 9.80 Å². The number of hydrogen-bond donors (Lipinski definition) is 0. The molecule has 3 heterocycles. The van der Waals surface area contributed by atoms with E-state index in [4.69, 9.17) is 11.6 Å². The van der Waals surface area contributed by atoms with Crippen molar-refractivity contribution in [1.29, 1.82) is 0 Å². The van der Waals surface area contributed by atoms with Gasteiger partial charge in [0, 0.05) is 39.3 Å². The van der Waals surface area contributed by atoms with Crippen LogP contribution in [0.1, 0.15) is 12.8 Å². The van der Waals surface area contributed by atoms with E-state index in [0.717, 1.165) is 53.0 Å². The van der Waals surface area contributed by atoms with E-state index in [-0.39, 0.29) is 17.6 Å². The maximum atomic E-state index is 14.0. The first-order valence-electron chi connectivity index (χ1n) is 10.7. The van der Waals surface area contributed by atoms with Gasteiger partial charge in [0.2, 0.25) is 5.91 Å². The van der Waals surface area contributed by atoms with Crippen LogP contribution in [0, 0.1) is 11.7 Å². The molecule has 8 heteroatoms. The standard InChI is InChI=1S/C23H24ClFN4OS/c24-17-6-1-2-8-19(17)27-11-13-28(14-12-27)22(30)16-5-4-10-29(15-16)23-26-21-18(25)7-3-9-20(21)31-23/h1-3,6-9,16H,4-5,10-15H2. The zero-order valence-electron chi connectivity index (χ0n) is 17.1. The van der Waals surface area contributed by atoms with Crippen molar-refractivity contribution in [2.75, 3.05) is 49.1 Å². The van der Waals surface area contributed by atoms with E-state index in [1.807, 2.05) is 35.2 Å². The predicted octanol–water partition coefficient (Wildman–Crippen LogP) is 4.65. The van der Waals surface area contributed by atoms with Crippen LogP contribution in [-0.4, -0.2) is 55.1 Å². The zero-order chi connectivity index (χ0) is 21.4. The first kappa shape index (κ1) is 20.5. The van der Waals surface area contributed by atoms with Gasteiger partial charge in [-0.2, -0.15) is 0 Å². The molecule has 3 aromatic rings. The Morgan fingerprint density at radius 3 is 2.61 bits per heavy atom. The lowest BCUT2D eigenvalue weighted by Gasteiger charge is -2.40. The fraction of sp³-hybridized carbons (Fsp3) is 0.391. The molecule has 0 spiro atoms. The van der Waals surface area contributed by atoms with Gasteiger partial charge < -0.3 is 14.7 Å². The Morgan fingerprint density at radius 2 is 1.84 bits per heavy atom. The predicted molar refractivity (Wildman–Crippen MR) is 125 cm³/mol. The van der Waals surface area contributed by atoms with Gasteiger partial charge >= 0.3 is 0 Å². The third-order valence-electron chi connectivity index (χ3n) is 6.18. The van der Waals surface area contributed by atoms with Crippen molar-refractivity contribution < 1.29 is 9.18 Å². The Labute approximate surface area is 190 Å². The SMILES string of the molecule is O=C(C1CCCN(c2nc3c(F)cccc3s2)C1)N1CCN(c2ccccc2Cl)CC1. The monoisotopic (exact) mass is 458 g/mol. The van der Waals surface area contributed by atoms with E-state index in [1.54, 1.807) is 6.07 Å². The first-order valence-corrected chi connectivity index (χ1v) is 11.9. The summed E-state index contributed by atoms with van der Waals surface area (Å²) < 4.78 is 14.9. The number of piperidine rings is 1. The molecule has 2 fully saturated rings. The van der Waals surface area contributed by atoms with Crippen molar-refractivity contribution in [2.45, 2.75) is 12.8 Å². The van der Waals surface area contributed by atoms with E-state index in [9.17, 15) is 9.18 Å². The molecule has 2 aliphatic rings. The number of para-hydroxylation sites is 2. The summed E-state index contributed by atoms with van der Waals surface area (Å²) in [5.41, 5.74) is 1.45. The Balaban J connectivity index is 1.24. The van der Waals surface area contributed by atoms with Crippen LogP contribution in [0.25, 0.3) is 10.2 Å². The summed E-state index contributed by atoms with van der Waals surface area (Å²) in [5.74, 6) is -0.116. The maximum absolute atomic E-state index is 14.0. The number of rotatable bonds is 3. The van der Waals surface area contributed by atoms with Gasteiger partial charge in [0.15, 0.2) is 5.13 Å². The number of benzene rings is 2. The number of anilines is 2. The second kappa shape index (κ2) is 8.63. The lowest BCUT2D eigenvalue weighted by atomic mass is 9.96. The second-order valence-electron chi connectivity index (χ2n) is 8.13. The number of nitrogens with zero attached hydrogens (tertiary/aromatic N) is 4. The van der Waals surface area contributed by atoms with Crippen LogP contribution in [0.15, 0.2) is 42.5 Å². The molecule has 5 rings (SSSR count). The minimum Gasteiger partial charge on any atom is -0.367 e. The molecule has 31 heavy (non-hydrogen) atoms. The van der Waals surface area contributed by atoms with E-state index in [0.29, 0.717) is 25.2 Å². The molecule has 1 unspecified atom stereocenters. The molecule has 1 aromatic heterocycles. The van der Waals surface area contributed by atoms with E-state index < -0.39 is 0 Å². The number of hydrogen-bond acceptors (Lipinski definition) is 5. The number of carbonyl (C=O) groups excluding carboxylic acids is 1. The lowest BCUT2D eigenvalue weighted by molar-refractivity contribution is -0.136. The normalized spacial score (nSPS) is 19.8. The Hall–Kier alpha value is -2.38. The van der Waals surface area contributed by atoms with E-state index in [2.05, 4.69) is 14.8 Å². The number of amides is 1. The van der Waals surface area contributed by atoms with Crippen LogP contribution in [0.4, 0.5) is 15.2 Å². The highest BCUT2D eigenvalue weighted by Gasteiger charge is 2.32. The average Bonchev–Trinajstić information content (AvgIpc) is 3.25. The number of halogens is 2. The number of carbonyl (C=O) groups is 1. The molecule has 2 aromatic carbocycles. The summed E-state index contributed by atoms with van der Waals surface area (Å²) in [6.07, 6.45) is 1.83. The Morgan fingerprint density at radius 1 is 1.03 bits per heavy atom. The van der Waals surface area contributed by atoms with Gasteiger partial charge in [-0.25, -0.2) is 9.37 Å². The van der Waals surface area contributed by atoms with Crippen molar-refractivity contribution in [1.82, 2.24) is 9.88 Å². The summed E-state index contributed by atoms with van der Waals surface area (Å²) in [4.78, 5) is 24.1. The molecule has 1 atom stereocenters. The third-order valence-corrected chi connectivity index (χ3v) is 7.59. The zero-order valence-corrected chi connectivity index (χ0v) is 18.7. The highest BCUT2D eigenvalue weighted by molar-refractivity contribution is 7.22. The van der Waals surface area contributed by atoms with Crippen molar-refractivity contribution in [2.24, 2.45) is 5.92 Å². The van der Waals surface area contributed by atoms with Gasteiger partial charge in [-0.05, 0) is 37.1 Å². The molecular formula is C23H24ClFN4OS. The fourth-order valence-corrected chi connectivity index (χ4v) is 5.80. The van der Waals surface area contributed by atoms with Gasteiger partial charge in [-0.15, -0.1) is 0 Å². The number of aromatic nitrogens is 1.